The molecule has 2 bridgehead atoms. The van der Waals surface area contributed by atoms with Gasteiger partial charge in [-0.05, 0) is 65.6 Å². The number of benzene rings is 2. The average molecular weight is 577 g/mol. The zero-order valence-electron chi connectivity index (χ0n) is 23.2. The van der Waals surface area contributed by atoms with Crippen LogP contribution >= 0.6 is 11.3 Å². The van der Waals surface area contributed by atoms with Crippen LogP contribution in [0.5, 0.6) is 0 Å². The van der Waals surface area contributed by atoms with Gasteiger partial charge < -0.3 is 19.7 Å². The number of rotatable bonds is 5. The van der Waals surface area contributed by atoms with E-state index in [1.165, 1.54) is 22.5 Å². The number of nitrogens with zero attached hydrogens (tertiary/aromatic N) is 3. The summed E-state index contributed by atoms with van der Waals surface area (Å²) in [4.78, 5) is 44.2. The maximum absolute atomic E-state index is 13.7. The molecule has 0 aliphatic carbocycles. The van der Waals surface area contributed by atoms with Gasteiger partial charge in [0.05, 0.1) is 16.3 Å². The molecule has 7 rings (SSSR count). The Hall–Kier alpha value is -4.43. The lowest BCUT2D eigenvalue weighted by Gasteiger charge is -2.44. The Morgan fingerprint density at radius 2 is 1.79 bits per heavy atom. The normalized spacial score (nSPS) is 19.6. The van der Waals surface area contributed by atoms with Gasteiger partial charge in [-0.25, -0.2) is 0 Å². The number of anilines is 2. The van der Waals surface area contributed by atoms with Crippen LogP contribution in [0.25, 0.3) is 5.57 Å². The number of pyridine rings is 1. The molecule has 2 atom stereocenters. The monoisotopic (exact) mass is 576 g/mol. The summed E-state index contributed by atoms with van der Waals surface area (Å²) >= 11 is 1.39. The molecule has 1 N–H and O–H groups in total. The third-order valence-corrected chi connectivity index (χ3v) is 9.57. The van der Waals surface area contributed by atoms with Crippen LogP contribution in [0.4, 0.5) is 11.4 Å². The first-order valence-corrected chi connectivity index (χ1v) is 15.4. The van der Waals surface area contributed by atoms with Crippen molar-refractivity contribution in [2.24, 2.45) is 5.92 Å². The number of aromatic nitrogens is 1. The third-order valence-electron chi connectivity index (χ3n) is 8.70. The molecule has 5 heterocycles. The molecule has 1 fully saturated rings. The van der Waals surface area contributed by atoms with Gasteiger partial charge in [-0.2, -0.15) is 0 Å². The fraction of sp³-hybridized carbons (Fsp3) is 0.265. The minimum atomic E-state index is -0.182. The van der Waals surface area contributed by atoms with Crippen molar-refractivity contribution in [3.05, 3.63) is 122 Å². The Balaban J connectivity index is 1.17. The van der Waals surface area contributed by atoms with Crippen LogP contribution in [0.15, 0.2) is 95.1 Å². The molecule has 0 saturated carbocycles. The second-order valence-corrected chi connectivity index (χ2v) is 12.3. The number of hydrogen-bond donors (Lipinski definition) is 1. The van der Waals surface area contributed by atoms with Gasteiger partial charge in [0.25, 0.3) is 17.4 Å². The second-order valence-electron chi connectivity index (χ2n) is 11.4. The second kappa shape index (κ2) is 11.1. The molecule has 2 aromatic carbocycles. The third kappa shape index (κ3) is 5.07. The molecule has 3 aliphatic rings. The molecule has 8 heteroatoms. The molecule has 1 saturated heterocycles. The number of hydrogen-bond acceptors (Lipinski definition) is 5. The molecule has 0 spiro atoms. The van der Waals surface area contributed by atoms with Gasteiger partial charge >= 0.3 is 0 Å². The fourth-order valence-electron chi connectivity index (χ4n) is 6.68. The largest absolute Gasteiger partial charge is 0.369 e. The van der Waals surface area contributed by atoms with Crippen molar-refractivity contribution >= 4 is 40.1 Å². The topological polar surface area (TPSA) is 74.7 Å². The number of fused-ring (bicyclic) bond motifs is 4. The van der Waals surface area contributed by atoms with Crippen LogP contribution in [0.1, 0.15) is 50.0 Å². The Morgan fingerprint density at radius 1 is 0.905 bits per heavy atom. The van der Waals surface area contributed by atoms with E-state index in [9.17, 15) is 14.4 Å². The van der Waals surface area contributed by atoms with Crippen molar-refractivity contribution in [2.75, 3.05) is 36.4 Å². The lowest BCUT2D eigenvalue weighted by atomic mass is 9.83. The quantitative estimate of drug-likeness (QED) is 0.330. The average Bonchev–Trinajstić information content (AvgIpc) is 3.57. The molecule has 7 nitrogen and oxygen atoms in total. The summed E-state index contributed by atoms with van der Waals surface area (Å²) in [6, 6.07) is 25.2. The summed E-state index contributed by atoms with van der Waals surface area (Å²) < 4.78 is 1.92. The van der Waals surface area contributed by atoms with Gasteiger partial charge in [-0.3, -0.25) is 14.4 Å². The summed E-state index contributed by atoms with van der Waals surface area (Å²) in [6.45, 7) is 3.42. The van der Waals surface area contributed by atoms with Crippen LogP contribution in [-0.2, 0) is 6.54 Å². The van der Waals surface area contributed by atoms with E-state index in [1.54, 1.807) is 12.1 Å². The standard InChI is InChI=1S/C34H32N4O3S/c39-32-10-4-8-29-27-18-23(21-38(29)32)20-37(22-27)30-12-11-26(19-28(30)35-33(40)31-9-5-17-42-31)34(41)36-15-13-25(14-16-36)24-6-2-1-3-7-24/h1-13,17,19,23,27H,14-16,18,20-22H2,(H,35,40). The first-order valence-electron chi connectivity index (χ1n) is 14.5. The molecule has 4 aromatic rings. The molecule has 2 amide bonds. The van der Waals surface area contributed by atoms with Crippen molar-refractivity contribution in [2.45, 2.75) is 25.3 Å². The summed E-state index contributed by atoms with van der Waals surface area (Å²) in [5.41, 5.74) is 5.71. The van der Waals surface area contributed by atoms with E-state index in [4.69, 9.17) is 0 Å². The van der Waals surface area contributed by atoms with Crippen LogP contribution in [-0.4, -0.2) is 47.5 Å². The minimum absolute atomic E-state index is 0.0413. The summed E-state index contributed by atoms with van der Waals surface area (Å²) in [5, 5.41) is 5.01. The Bertz CT molecular complexity index is 1730. The van der Waals surface area contributed by atoms with E-state index < -0.39 is 0 Å². The highest BCUT2D eigenvalue weighted by molar-refractivity contribution is 7.12. The molecule has 2 unspecified atom stereocenters. The van der Waals surface area contributed by atoms with Gasteiger partial charge in [-0.1, -0.05) is 48.5 Å². The summed E-state index contributed by atoms with van der Waals surface area (Å²) in [6.07, 6.45) is 3.98. The van der Waals surface area contributed by atoms with Gasteiger partial charge in [0.1, 0.15) is 0 Å². The van der Waals surface area contributed by atoms with Gasteiger partial charge in [0.15, 0.2) is 0 Å². The maximum Gasteiger partial charge on any atom is 0.265 e. The highest BCUT2D eigenvalue weighted by Gasteiger charge is 2.35. The fourth-order valence-corrected chi connectivity index (χ4v) is 7.30. The van der Waals surface area contributed by atoms with E-state index in [2.05, 4.69) is 34.5 Å². The van der Waals surface area contributed by atoms with Gasteiger partial charge in [0.2, 0.25) is 0 Å². The highest BCUT2D eigenvalue weighted by Crippen LogP contribution is 2.39. The van der Waals surface area contributed by atoms with Crippen LogP contribution in [0, 0.1) is 5.92 Å². The van der Waals surface area contributed by atoms with E-state index in [-0.39, 0.29) is 23.3 Å². The van der Waals surface area contributed by atoms with E-state index in [0.29, 0.717) is 41.7 Å². The predicted octanol–water partition coefficient (Wildman–Crippen LogP) is 5.72. The number of nitrogens with one attached hydrogen (secondary N) is 1. The summed E-state index contributed by atoms with van der Waals surface area (Å²) in [7, 11) is 0. The van der Waals surface area contributed by atoms with Gasteiger partial charge in [0, 0.05) is 56.0 Å². The first-order chi connectivity index (χ1) is 20.5. The van der Waals surface area contributed by atoms with Crippen molar-refractivity contribution in [1.29, 1.82) is 0 Å². The zero-order valence-corrected chi connectivity index (χ0v) is 24.1. The molecule has 42 heavy (non-hydrogen) atoms. The first kappa shape index (κ1) is 26.5. The Kier molecular flexibility index (Phi) is 6.99. The van der Waals surface area contributed by atoms with Crippen LogP contribution in [0.2, 0.25) is 0 Å². The minimum Gasteiger partial charge on any atom is -0.369 e. The Morgan fingerprint density at radius 3 is 2.57 bits per heavy atom. The zero-order chi connectivity index (χ0) is 28.6. The predicted molar refractivity (Wildman–Crippen MR) is 167 cm³/mol. The molecular formula is C34H32N4O3S. The van der Waals surface area contributed by atoms with E-state index >= 15 is 0 Å². The van der Waals surface area contributed by atoms with E-state index in [1.807, 2.05) is 63.4 Å². The van der Waals surface area contributed by atoms with Crippen LogP contribution < -0.4 is 15.8 Å². The number of thiophene rings is 1. The highest BCUT2D eigenvalue weighted by atomic mass is 32.1. The number of piperidine rings is 1. The number of amides is 2. The van der Waals surface area contributed by atoms with Crippen LogP contribution in [0.3, 0.4) is 0 Å². The molecule has 3 aliphatic heterocycles. The van der Waals surface area contributed by atoms with E-state index in [0.717, 1.165) is 37.3 Å². The van der Waals surface area contributed by atoms with Crippen molar-refractivity contribution in [1.82, 2.24) is 9.47 Å². The maximum atomic E-state index is 13.7. The lowest BCUT2D eigenvalue weighted by Crippen LogP contribution is -2.47. The van der Waals surface area contributed by atoms with Gasteiger partial charge in [-0.15, -0.1) is 11.3 Å². The summed E-state index contributed by atoms with van der Waals surface area (Å²) in [5.74, 6) is 0.337. The SMILES string of the molecule is O=C(Nc1cc(C(=O)N2CC=C(c3ccccc3)CC2)ccc1N1CC2CC(C1)c1cccc(=O)n1C2)c1cccs1. The van der Waals surface area contributed by atoms with Crippen molar-refractivity contribution in [3.8, 4) is 0 Å². The number of carbonyl (C=O) groups is 2. The smallest absolute Gasteiger partial charge is 0.265 e. The molecule has 0 radical (unpaired) electrons. The molecule has 2 aromatic heterocycles. The molecule has 212 valence electrons. The van der Waals surface area contributed by atoms with Crippen molar-refractivity contribution in [3.63, 3.8) is 0 Å². The number of carbonyl (C=O) groups excluding carboxylic acids is 2. The lowest BCUT2D eigenvalue weighted by molar-refractivity contribution is 0.0772. The Labute approximate surface area is 248 Å². The molecular weight excluding hydrogens is 544 g/mol. The van der Waals surface area contributed by atoms with Crippen molar-refractivity contribution < 1.29 is 9.59 Å².